The third kappa shape index (κ3) is 33.9. The summed E-state index contributed by atoms with van der Waals surface area (Å²) in [5.41, 5.74) is 0. The summed E-state index contributed by atoms with van der Waals surface area (Å²) in [6, 6.07) is 0. The average molecular weight is 681 g/mol. The van der Waals surface area contributed by atoms with E-state index in [1.165, 1.54) is 88.8 Å². The number of thioether (sulfide) groups is 1. The fourth-order valence-corrected chi connectivity index (χ4v) is 6.08. The van der Waals surface area contributed by atoms with E-state index in [0.717, 1.165) is 63.7 Å². The highest BCUT2D eigenvalue weighted by Crippen LogP contribution is 2.14. The molecule has 8 heteroatoms. The number of hydrogen-bond donors (Lipinski definition) is 0. The smallest absolute Gasteiger partial charge is 0.306 e. The van der Waals surface area contributed by atoms with Crippen molar-refractivity contribution >= 4 is 28.9 Å². The predicted octanol–water partition coefficient (Wildman–Crippen LogP) is 10.5. The first-order chi connectivity index (χ1) is 22.9. The second-order valence-corrected chi connectivity index (χ2v) is 14.0. The molecule has 0 radical (unpaired) electrons. The summed E-state index contributed by atoms with van der Waals surface area (Å²) in [7, 11) is 4.02. The highest BCUT2D eigenvalue weighted by molar-refractivity contribution is 8.13. The molecule has 0 spiro atoms. The van der Waals surface area contributed by atoms with Gasteiger partial charge in [-0.15, -0.1) is 0 Å². The zero-order valence-corrected chi connectivity index (χ0v) is 31.8. The van der Waals surface area contributed by atoms with E-state index in [1.54, 1.807) is 0 Å². The number of amides is 1. The lowest BCUT2D eigenvalue weighted by Gasteiger charge is -2.22. The van der Waals surface area contributed by atoms with Crippen LogP contribution in [-0.4, -0.2) is 79.7 Å². The summed E-state index contributed by atoms with van der Waals surface area (Å²) >= 11 is 1.37. The molecule has 47 heavy (non-hydrogen) atoms. The Morgan fingerprint density at radius 1 is 0.532 bits per heavy atom. The highest BCUT2D eigenvalue weighted by Gasteiger charge is 2.14. The van der Waals surface area contributed by atoms with Gasteiger partial charge < -0.3 is 19.3 Å². The molecule has 0 aromatic rings. The van der Waals surface area contributed by atoms with Crippen LogP contribution in [0.25, 0.3) is 0 Å². The monoisotopic (exact) mass is 681 g/mol. The number of esters is 2. The number of unbranched alkanes of at least 4 members (excludes halogenated alkanes) is 16. The van der Waals surface area contributed by atoms with Gasteiger partial charge in [-0.2, -0.15) is 0 Å². The van der Waals surface area contributed by atoms with Crippen molar-refractivity contribution in [2.45, 2.75) is 155 Å². The van der Waals surface area contributed by atoms with Gasteiger partial charge in [-0.3, -0.25) is 14.4 Å². The van der Waals surface area contributed by atoms with Crippen LogP contribution in [0.2, 0.25) is 0 Å². The van der Waals surface area contributed by atoms with E-state index in [2.05, 4.69) is 30.9 Å². The molecule has 7 nitrogen and oxygen atoms in total. The Labute approximate surface area is 294 Å². The van der Waals surface area contributed by atoms with Gasteiger partial charge in [0.1, 0.15) is 13.2 Å². The molecule has 0 saturated carbocycles. The normalized spacial score (nSPS) is 11.6. The van der Waals surface area contributed by atoms with Crippen LogP contribution in [0, 0.1) is 0 Å². The molecule has 1 amide bonds. The second-order valence-electron chi connectivity index (χ2n) is 12.9. The number of carbonyl (C=O) groups is 3. The molecule has 0 aromatic heterocycles. The molecule has 274 valence electrons. The Kier molecular flexibility index (Phi) is 34.1. The third-order valence-electron chi connectivity index (χ3n) is 8.10. The summed E-state index contributed by atoms with van der Waals surface area (Å²) in [5, 5.41) is 0.117. The summed E-state index contributed by atoms with van der Waals surface area (Å²) < 4.78 is 10.7. The zero-order valence-electron chi connectivity index (χ0n) is 31.0. The quantitative estimate of drug-likeness (QED) is 0.0388. The number of allylic oxidation sites excluding steroid dienone is 2. The summed E-state index contributed by atoms with van der Waals surface area (Å²) in [5.74, 6) is 0.467. The highest BCUT2D eigenvalue weighted by atomic mass is 32.2. The molecule has 0 aliphatic heterocycles. The Morgan fingerprint density at radius 2 is 0.957 bits per heavy atom. The van der Waals surface area contributed by atoms with Crippen LogP contribution < -0.4 is 0 Å². The third-order valence-corrected chi connectivity index (χ3v) is 9.00. The summed E-state index contributed by atoms with van der Waals surface area (Å²) in [4.78, 5) is 41.1. The molecule has 0 unspecified atom stereocenters. The van der Waals surface area contributed by atoms with Gasteiger partial charge in [0.25, 0.3) is 5.24 Å². The van der Waals surface area contributed by atoms with Crippen molar-refractivity contribution in [1.82, 2.24) is 9.80 Å². The van der Waals surface area contributed by atoms with E-state index in [4.69, 9.17) is 9.47 Å². The van der Waals surface area contributed by atoms with Gasteiger partial charge in [0.2, 0.25) is 0 Å². The first kappa shape index (κ1) is 45.2. The lowest BCUT2D eigenvalue weighted by molar-refractivity contribution is -0.143. The molecule has 0 fully saturated rings. The summed E-state index contributed by atoms with van der Waals surface area (Å²) in [6.07, 6.45) is 31.6. The number of hydrogen-bond acceptors (Lipinski definition) is 7. The molecule has 0 bridgehead atoms. The van der Waals surface area contributed by atoms with Crippen molar-refractivity contribution < 1.29 is 23.9 Å². The van der Waals surface area contributed by atoms with E-state index in [1.807, 2.05) is 31.1 Å². The fraction of sp³-hybridized carbons (Fsp3) is 0.821. The number of rotatable bonds is 33. The van der Waals surface area contributed by atoms with Crippen molar-refractivity contribution in [3.05, 3.63) is 24.3 Å². The van der Waals surface area contributed by atoms with Crippen LogP contribution in [-0.2, 0) is 19.1 Å². The number of carbonyl (C=O) groups excluding carboxylic acids is 3. The Bertz CT molecular complexity index is 750. The molecule has 0 aromatic carbocycles. The molecule has 0 saturated heterocycles. The van der Waals surface area contributed by atoms with Crippen LogP contribution in [0.5, 0.6) is 0 Å². The maximum atomic E-state index is 12.9. The maximum Gasteiger partial charge on any atom is 0.306 e. The molecule has 0 rings (SSSR count). The van der Waals surface area contributed by atoms with Crippen molar-refractivity contribution in [2.75, 3.05) is 52.7 Å². The number of ether oxygens (including phenoxy) is 2. The molecule has 0 aliphatic rings. The van der Waals surface area contributed by atoms with Crippen LogP contribution >= 0.6 is 11.8 Å². The minimum Gasteiger partial charge on any atom is -0.461 e. The van der Waals surface area contributed by atoms with Crippen molar-refractivity contribution in [3.63, 3.8) is 0 Å². The summed E-state index contributed by atoms with van der Waals surface area (Å²) in [6.45, 7) is 7.43. The maximum absolute atomic E-state index is 12.9. The van der Waals surface area contributed by atoms with Crippen molar-refractivity contribution in [1.29, 1.82) is 0 Å². The minimum absolute atomic E-state index is 0.117. The lowest BCUT2D eigenvalue weighted by atomic mass is 10.1. The van der Waals surface area contributed by atoms with Gasteiger partial charge in [0.05, 0.1) is 0 Å². The molecule has 0 heterocycles. The first-order valence-corrected chi connectivity index (χ1v) is 20.1. The van der Waals surface area contributed by atoms with Crippen LogP contribution in [0.15, 0.2) is 24.3 Å². The van der Waals surface area contributed by atoms with E-state index in [-0.39, 0.29) is 17.2 Å². The van der Waals surface area contributed by atoms with Crippen molar-refractivity contribution in [3.8, 4) is 0 Å². The Hall–Kier alpha value is -1.80. The minimum atomic E-state index is -0.149. The van der Waals surface area contributed by atoms with Crippen LogP contribution in [0.1, 0.15) is 155 Å². The SMILES string of the molecule is CCCCCCCCC=CCOC(=O)CCCCCN(CCCCCC(=O)OCC=CCCCCCCCC)C(=O)SCCN(C)C. The fourth-order valence-electron chi connectivity index (χ4n) is 5.08. The molecular weight excluding hydrogens is 609 g/mol. The molecule has 0 N–H and O–H groups in total. The predicted molar refractivity (Wildman–Crippen MR) is 201 cm³/mol. The molecule has 0 aliphatic carbocycles. The number of nitrogens with zero attached hydrogens (tertiary/aromatic N) is 2. The molecular formula is C39H72N2O5S. The lowest BCUT2D eigenvalue weighted by Crippen LogP contribution is -2.31. The van der Waals surface area contributed by atoms with Crippen molar-refractivity contribution in [2.24, 2.45) is 0 Å². The Morgan fingerprint density at radius 3 is 1.40 bits per heavy atom. The van der Waals surface area contributed by atoms with Gasteiger partial charge in [0.15, 0.2) is 0 Å². The second kappa shape index (κ2) is 35.5. The van der Waals surface area contributed by atoms with Crippen LogP contribution in [0.3, 0.4) is 0 Å². The average Bonchev–Trinajstić information content (AvgIpc) is 3.05. The van der Waals surface area contributed by atoms with Gasteiger partial charge in [-0.05, 0) is 65.5 Å². The van der Waals surface area contributed by atoms with Crippen LogP contribution in [0.4, 0.5) is 4.79 Å². The van der Waals surface area contributed by atoms with Gasteiger partial charge >= 0.3 is 11.9 Å². The van der Waals surface area contributed by atoms with Gasteiger partial charge in [-0.25, -0.2) is 0 Å². The van der Waals surface area contributed by atoms with E-state index in [0.29, 0.717) is 39.1 Å². The van der Waals surface area contributed by atoms with Gasteiger partial charge in [0, 0.05) is 38.2 Å². The van der Waals surface area contributed by atoms with E-state index in [9.17, 15) is 14.4 Å². The van der Waals surface area contributed by atoms with E-state index < -0.39 is 0 Å². The topological polar surface area (TPSA) is 76.1 Å². The largest absolute Gasteiger partial charge is 0.461 e. The molecule has 0 atom stereocenters. The Balaban J connectivity index is 4.13. The van der Waals surface area contributed by atoms with Gasteiger partial charge in [-0.1, -0.05) is 127 Å². The zero-order chi connectivity index (χ0) is 34.6. The van der Waals surface area contributed by atoms with E-state index >= 15 is 0 Å². The standard InChI is InChI=1S/C39H72N2O5S/c1-5-7-9-11-13-15-17-19-27-34-45-37(42)29-23-21-25-31-41(39(44)47-36-33-40(3)4)32-26-22-24-30-38(43)46-35-28-20-18-16-14-12-10-8-6-2/h19-20,27-28H,5-18,21-26,29-36H2,1-4H3. The first-order valence-electron chi connectivity index (χ1n) is 19.1.